The molecule has 0 aliphatic heterocycles. The zero-order chi connectivity index (χ0) is 37.9. The number of ether oxygens (including phenoxy) is 2. The van der Waals surface area contributed by atoms with Crippen molar-refractivity contribution in [1.29, 1.82) is 0 Å². The molecule has 0 fully saturated rings. The minimum atomic E-state index is -0.750. The van der Waals surface area contributed by atoms with Crippen LogP contribution in [0.25, 0.3) is 22.5 Å². The van der Waals surface area contributed by atoms with Gasteiger partial charge in [0.15, 0.2) is 0 Å². The molecule has 0 aliphatic carbocycles. The van der Waals surface area contributed by atoms with E-state index in [-0.39, 0.29) is 23.7 Å². The second-order valence-corrected chi connectivity index (χ2v) is 12.9. The molecule has 274 valence electrons. The fourth-order valence-electron chi connectivity index (χ4n) is 5.20. The summed E-state index contributed by atoms with van der Waals surface area (Å²) >= 11 is 0. The van der Waals surface area contributed by atoms with Crippen molar-refractivity contribution < 1.29 is 28.7 Å². The summed E-state index contributed by atoms with van der Waals surface area (Å²) in [5.74, 6) is 6.59. The Labute approximate surface area is 303 Å². The molecule has 14 nitrogen and oxygen atoms in total. The summed E-state index contributed by atoms with van der Waals surface area (Å²) in [5, 5.41) is 10.9. The SMILES string of the molecule is COC(=O)NC(C(=O)NC(C)c1ncc(-c2ccc(C#Cc3ccc(-c4cnc(C(C)NC(=O)C(NC(=O)OC)C(C)C)[nH]4)cc3)cc2)[nH]1)C(C)C. The van der Waals surface area contributed by atoms with Crippen LogP contribution in [0.2, 0.25) is 0 Å². The van der Waals surface area contributed by atoms with Crippen molar-refractivity contribution >= 4 is 24.0 Å². The van der Waals surface area contributed by atoms with E-state index in [4.69, 9.17) is 0 Å². The van der Waals surface area contributed by atoms with E-state index in [0.717, 1.165) is 33.6 Å². The lowest BCUT2D eigenvalue weighted by Crippen LogP contribution is -2.50. The summed E-state index contributed by atoms with van der Waals surface area (Å²) in [6.07, 6.45) is 2.08. The van der Waals surface area contributed by atoms with Crippen LogP contribution in [0.5, 0.6) is 0 Å². The number of nitrogens with zero attached hydrogens (tertiary/aromatic N) is 2. The van der Waals surface area contributed by atoms with E-state index in [9.17, 15) is 19.2 Å². The maximum Gasteiger partial charge on any atom is 0.407 e. The molecular formula is C38H46N8O6. The van der Waals surface area contributed by atoms with E-state index >= 15 is 0 Å². The van der Waals surface area contributed by atoms with Gasteiger partial charge in [0.05, 0.1) is 50.1 Å². The van der Waals surface area contributed by atoms with Gasteiger partial charge in [0.2, 0.25) is 11.8 Å². The summed E-state index contributed by atoms with van der Waals surface area (Å²) in [6.45, 7) is 11.0. The van der Waals surface area contributed by atoms with Crippen LogP contribution in [0, 0.1) is 23.7 Å². The second kappa shape index (κ2) is 17.7. The van der Waals surface area contributed by atoms with Crippen molar-refractivity contribution in [3.63, 3.8) is 0 Å². The van der Waals surface area contributed by atoms with Crippen molar-refractivity contribution in [1.82, 2.24) is 41.2 Å². The van der Waals surface area contributed by atoms with Gasteiger partial charge < -0.3 is 40.7 Å². The largest absolute Gasteiger partial charge is 0.453 e. The molecule has 0 aliphatic rings. The molecule has 4 rings (SSSR count). The van der Waals surface area contributed by atoms with Crippen molar-refractivity contribution in [2.45, 2.75) is 65.7 Å². The number of aromatic nitrogens is 4. The summed E-state index contributed by atoms with van der Waals surface area (Å²) in [7, 11) is 2.50. The minimum Gasteiger partial charge on any atom is -0.453 e. The zero-order valence-corrected chi connectivity index (χ0v) is 30.6. The van der Waals surface area contributed by atoms with Crippen LogP contribution < -0.4 is 21.3 Å². The van der Waals surface area contributed by atoms with Gasteiger partial charge >= 0.3 is 12.2 Å². The van der Waals surface area contributed by atoms with Crippen LogP contribution >= 0.6 is 0 Å². The third-order valence-corrected chi connectivity index (χ3v) is 8.29. The number of carbonyl (C=O) groups excluding carboxylic acids is 4. The Morgan fingerprint density at radius 1 is 0.577 bits per heavy atom. The van der Waals surface area contributed by atoms with E-state index < -0.39 is 36.4 Å². The number of imidazole rings is 2. The molecule has 0 spiro atoms. The number of aromatic amines is 2. The van der Waals surface area contributed by atoms with Crippen LogP contribution in [0.3, 0.4) is 0 Å². The maximum absolute atomic E-state index is 12.8. The van der Waals surface area contributed by atoms with Gasteiger partial charge in [0, 0.05) is 11.1 Å². The lowest BCUT2D eigenvalue weighted by molar-refractivity contribution is -0.125. The summed E-state index contributed by atoms with van der Waals surface area (Å²) in [4.78, 5) is 64.4. The predicted octanol–water partition coefficient (Wildman–Crippen LogP) is 4.98. The first-order valence-electron chi connectivity index (χ1n) is 16.9. The predicted molar refractivity (Wildman–Crippen MR) is 195 cm³/mol. The number of carbonyl (C=O) groups is 4. The van der Waals surface area contributed by atoms with Gasteiger partial charge in [-0.05, 0) is 61.1 Å². The molecule has 0 bridgehead atoms. The molecule has 52 heavy (non-hydrogen) atoms. The smallest absolute Gasteiger partial charge is 0.407 e. The van der Waals surface area contributed by atoms with Gasteiger partial charge in [-0.15, -0.1) is 0 Å². The molecule has 14 heteroatoms. The highest BCUT2D eigenvalue weighted by molar-refractivity contribution is 5.86. The molecule has 2 aromatic carbocycles. The fraction of sp³-hybridized carbons (Fsp3) is 0.368. The number of benzene rings is 2. The first-order valence-corrected chi connectivity index (χ1v) is 16.9. The van der Waals surface area contributed by atoms with E-state index in [1.807, 2.05) is 90.1 Å². The molecule has 4 unspecified atom stereocenters. The molecule has 4 atom stereocenters. The third-order valence-electron chi connectivity index (χ3n) is 8.29. The molecule has 4 amide bonds. The lowest BCUT2D eigenvalue weighted by Gasteiger charge is -2.22. The average Bonchev–Trinajstić information content (AvgIpc) is 3.83. The number of hydrogen-bond donors (Lipinski definition) is 6. The molecule has 6 N–H and O–H groups in total. The standard InChI is InChI=1S/C38H46N8O6/c1-21(2)31(45-37(49)51-7)35(47)41-23(5)33-39-19-29(43-33)27-15-11-25(12-16-27)9-10-26-13-17-28(18-14-26)30-20-40-34(44-30)24(6)42-36(48)32(22(3)4)46-38(50)52-8/h11-24,31-32H,1-8H3,(H,39,43)(H,40,44)(H,41,47)(H,42,48)(H,45,49)(H,46,50). The van der Waals surface area contributed by atoms with Gasteiger partial charge in [-0.3, -0.25) is 9.59 Å². The van der Waals surface area contributed by atoms with Gasteiger partial charge in [0.1, 0.15) is 23.7 Å². The number of amides is 4. The molecule has 0 saturated heterocycles. The van der Waals surface area contributed by atoms with Crippen LogP contribution in [0.15, 0.2) is 60.9 Å². The highest BCUT2D eigenvalue weighted by Gasteiger charge is 2.28. The number of H-pyrrole nitrogens is 2. The van der Waals surface area contributed by atoms with E-state index in [1.54, 1.807) is 12.4 Å². The molecular weight excluding hydrogens is 664 g/mol. The normalized spacial score (nSPS) is 13.2. The molecule has 4 aromatic rings. The first-order chi connectivity index (χ1) is 24.8. The Bertz CT molecular complexity index is 1770. The molecule has 2 aromatic heterocycles. The van der Waals surface area contributed by atoms with Crippen LogP contribution in [0.4, 0.5) is 9.59 Å². The van der Waals surface area contributed by atoms with Crippen molar-refractivity contribution in [3.8, 4) is 34.4 Å². The highest BCUT2D eigenvalue weighted by Crippen LogP contribution is 2.22. The lowest BCUT2D eigenvalue weighted by atomic mass is 10.0. The Balaban J connectivity index is 1.34. The number of hydrogen-bond acceptors (Lipinski definition) is 8. The number of nitrogens with one attached hydrogen (secondary N) is 6. The number of rotatable bonds is 12. The zero-order valence-electron chi connectivity index (χ0n) is 30.6. The average molecular weight is 711 g/mol. The Morgan fingerprint density at radius 3 is 1.23 bits per heavy atom. The van der Waals surface area contributed by atoms with Crippen LogP contribution in [-0.4, -0.2) is 70.2 Å². The van der Waals surface area contributed by atoms with Crippen LogP contribution in [-0.2, 0) is 19.1 Å². The van der Waals surface area contributed by atoms with Gasteiger partial charge in [0.25, 0.3) is 0 Å². The second-order valence-electron chi connectivity index (χ2n) is 12.9. The van der Waals surface area contributed by atoms with Crippen molar-refractivity contribution in [2.75, 3.05) is 14.2 Å². The third kappa shape index (κ3) is 10.2. The van der Waals surface area contributed by atoms with Gasteiger partial charge in [-0.1, -0.05) is 63.8 Å². The first kappa shape index (κ1) is 38.7. The van der Waals surface area contributed by atoms with Crippen molar-refractivity contribution in [3.05, 3.63) is 83.7 Å². The van der Waals surface area contributed by atoms with E-state index in [2.05, 4.69) is 62.5 Å². The van der Waals surface area contributed by atoms with Gasteiger partial charge in [-0.25, -0.2) is 19.6 Å². The monoisotopic (exact) mass is 710 g/mol. The quantitative estimate of drug-likeness (QED) is 0.111. The van der Waals surface area contributed by atoms with Gasteiger partial charge in [-0.2, -0.15) is 0 Å². The van der Waals surface area contributed by atoms with Crippen molar-refractivity contribution in [2.24, 2.45) is 11.8 Å². The Hall–Kier alpha value is -6.10. The topological polar surface area (TPSA) is 192 Å². The van der Waals surface area contributed by atoms with E-state index in [0.29, 0.717) is 11.6 Å². The van der Waals surface area contributed by atoms with E-state index in [1.165, 1.54) is 14.2 Å². The fourth-order valence-corrected chi connectivity index (χ4v) is 5.20. The Kier molecular flexibility index (Phi) is 13.2. The Morgan fingerprint density at radius 2 is 0.923 bits per heavy atom. The summed E-state index contributed by atoms with van der Waals surface area (Å²) in [6, 6.07) is 13.1. The summed E-state index contributed by atoms with van der Waals surface area (Å²) in [5.41, 5.74) is 5.06. The maximum atomic E-state index is 12.8. The number of alkyl carbamates (subject to hydrolysis) is 2. The summed E-state index contributed by atoms with van der Waals surface area (Å²) < 4.78 is 9.29. The van der Waals surface area contributed by atoms with Crippen LogP contribution in [0.1, 0.15) is 76.4 Å². The molecule has 0 saturated carbocycles. The molecule has 2 heterocycles. The minimum absolute atomic E-state index is 0.142. The molecule has 0 radical (unpaired) electrons. The highest BCUT2D eigenvalue weighted by atomic mass is 16.5. The number of methoxy groups -OCH3 is 2.